The number of allylic oxidation sites excluding steroid dienone is 12. The first-order chi connectivity index (χ1) is 18.5. The third-order valence-corrected chi connectivity index (χ3v) is 9.14. The minimum absolute atomic E-state index is 0.294. The number of para-hydroxylation sites is 1. The van der Waals surface area contributed by atoms with Gasteiger partial charge in [-0.05, 0) is 80.1 Å². The molecule has 0 amide bonds. The van der Waals surface area contributed by atoms with Gasteiger partial charge in [-0.2, -0.15) is 0 Å². The smallest absolute Gasteiger partial charge is 0.213 e. The van der Waals surface area contributed by atoms with E-state index in [0.717, 1.165) is 30.8 Å². The van der Waals surface area contributed by atoms with Crippen LogP contribution in [0.2, 0.25) is 5.82 Å². The Labute approximate surface area is 228 Å². The molecule has 1 aliphatic heterocycles. The number of rotatable bonds is 5. The Bertz CT molecular complexity index is 1490. The normalized spacial score (nSPS) is 23.7. The molecule has 0 saturated heterocycles. The molecule has 2 aromatic rings. The van der Waals surface area contributed by atoms with Crippen molar-refractivity contribution in [2.75, 3.05) is 0 Å². The lowest BCUT2D eigenvalue weighted by molar-refractivity contribution is 0.418. The lowest BCUT2D eigenvalue weighted by atomic mass is 9.27. The molecule has 0 radical (unpaired) electrons. The molecule has 2 aromatic carbocycles. The van der Waals surface area contributed by atoms with Crippen LogP contribution in [0.5, 0.6) is 5.75 Å². The van der Waals surface area contributed by atoms with E-state index in [1.165, 1.54) is 49.9 Å². The van der Waals surface area contributed by atoms with Crippen molar-refractivity contribution in [2.24, 2.45) is 5.92 Å². The second-order valence-corrected chi connectivity index (χ2v) is 11.4. The Morgan fingerprint density at radius 3 is 2.74 bits per heavy atom. The molecule has 0 bridgehead atoms. The summed E-state index contributed by atoms with van der Waals surface area (Å²) >= 11 is 0. The van der Waals surface area contributed by atoms with Crippen LogP contribution in [0.15, 0.2) is 113 Å². The average Bonchev–Trinajstić information content (AvgIpc) is 3.30. The highest BCUT2D eigenvalue weighted by atomic mass is 16.5. The maximum absolute atomic E-state index is 6.41. The summed E-state index contributed by atoms with van der Waals surface area (Å²) in [6.07, 6.45) is 21.3. The zero-order chi connectivity index (χ0) is 26.4. The summed E-state index contributed by atoms with van der Waals surface area (Å²) < 4.78 is 6.41. The Kier molecular flexibility index (Phi) is 6.52. The Morgan fingerprint density at radius 1 is 1.05 bits per heavy atom. The molecule has 4 aliphatic rings. The van der Waals surface area contributed by atoms with Gasteiger partial charge in [-0.15, -0.1) is 0 Å². The van der Waals surface area contributed by atoms with Gasteiger partial charge in [-0.3, -0.25) is 0 Å². The Balaban J connectivity index is 1.53. The minimum atomic E-state index is 0.294. The Hall–Kier alpha value is -3.52. The maximum Gasteiger partial charge on any atom is 0.213 e. The lowest BCUT2D eigenvalue weighted by Gasteiger charge is -2.39. The van der Waals surface area contributed by atoms with Crippen LogP contribution in [-0.2, 0) is 6.42 Å². The fourth-order valence-corrected chi connectivity index (χ4v) is 7.29. The largest absolute Gasteiger partial charge is 0.460 e. The predicted molar refractivity (Wildman–Crippen MR) is 163 cm³/mol. The topological polar surface area (TPSA) is 9.23 Å². The van der Waals surface area contributed by atoms with Gasteiger partial charge in [0.2, 0.25) is 6.71 Å². The highest BCUT2D eigenvalue weighted by Gasteiger charge is 2.43. The third kappa shape index (κ3) is 4.11. The van der Waals surface area contributed by atoms with E-state index < -0.39 is 0 Å². The number of benzene rings is 2. The zero-order valence-corrected chi connectivity index (χ0v) is 23.1. The van der Waals surface area contributed by atoms with Crippen LogP contribution < -0.4 is 10.2 Å². The lowest BCUT2D eigenvalue weighted by Crippen LogP contribution is -2.45. The molecule has 2 heteroatoms. The molecule has 0 fully saturated rings. The van der Waals surface area contributed by atoms with Crippen molar-refractivity contribution >= 4 is 18.3 Å². The van der Waals surface area contributed by atoms with Crippen molar-refractivity contribution in [1.82, 2.24) is 0 Å². The number of aryl methyl sites for hydroxylation is 2. The van der Waals surface area contributed by atoms with E-state index in [4.69, 9.17) is 4.74 Å². The zero-order valence-electron chi connectivity index (χ0n) is 23.1. The summed E-state index contributed by atoms with van der Waals surface area (Å²) in [5.74, 6) is 3.23. The average molecular weight is 497 g/mol. The van der Waals surface area contributed by atoms with Crippen LogP contribution in [-0.4, -0.2) is 6.71 Å². The molecule has 0 saturated carbocycles. The number of ether oxygens (including phenoxy) is 1. The molecule has 190 valence electrons. The van der Waals surface area contributed by atoms with Crippen molar-refractivity contribution in [2.45, 2.75) is 58.7 Å². The first-order valence-electron chi connectivity index (χ1n) is 14.1. The molecule has 0 aromatic heterocycles. The van der Waals surface area contributed by atoms with Gasteiger partial charge in [0.05, 0.1) is 0 Å². The fraction of sp³-hybridized carbons (Fsp3) is 0.278. The molecule has 38 heavy (non-hydrogen) atoms. The summed E-state index contributed by atoms with van der Waals surface area (Å²) in [5.41, 5.74) is 12.8. The van der Waals surface area contributed by atoms with Crippen LogP contribution >= 0.6 is 0 Å². The number of fused-ring (bicyclic) bond motifs is 4. The van der Waals surface area contributed by atoms with Gasteiger partial charge in [0.25, 0.3) is 0 Å². The minimum Gasteiger partial charge on any atom is -0.460 e. The van der Waals surface area contributed by atoms with Gasteiger partial charge in [0.1, 0.15) is 11.5 Å². The van der Waals surface area contributed by atoms with E-state index >= 15 is 0 Å². The van der Waals surface area contributed by atoms with Crippen molar-refractivity contribution < 1.29 is 4.74 Å². The van der Waals surface area contributed by atoms with Gasteiger partial charge in [0.15, 0.2) is 0 Å². The van der Waals surface area contributed by atoms with E-state index in [1.807, 2.05) is 6.08 Å². The molecule has 6 rings (SSSR count). The monoisotopic (exact) mass is 496 g/mol. The predicted octanol–water partition coefficient (Wildman–Crippen LogP) is 8.61. The van der Waals surface area contributed by atoms with Crippen LogP contribution in [0.25, 0.3) is 6.08 Å². The molecule has 1 nitrogen and oxygen atoms in total. The van der Waals surface area contributed by atoms with Crippen molar-refractivity contribution in [1.29, 1.82) is 0 Å². The highest BCUT2D eigenvalue weighted by Crippen LogP contribution is 2.50. The Morgan fingerprint density at radius 2 is 1.89 bits per heavy atom. The van der Waals surface area contributed by atoms with Crippen LogP contribution in [0.3, 0.4) is 0 Å². The van der Waals surface area contributed by atoms with Crippen LogP contribution in [0, 0.1) is 12.8 Å². The first kappa shape index (κ1) is 24.8. The maximum atomic E-state index is 6.41. The molecular formula is C36H37BO. The molecule has 0 spiro atoms. The van der Waals surface area contributed by atoms with Crippen LogP contribution in [0.1, 0.15) is 61.8 Å². The third-order valence-electron chi connectivity index (χ3n) is 9.14. The van der Waals surface area contributed by atoms with Gasteiger partial charge in [-0.25, -0.2) is 0 Å². The fourth-order valence-electron chi connectivity index (χ4n) is 7.29. The molecular weight excluding hydrogens is 459 g/mol. The quantitative estimate of drug-likeness (QED) is 0.297. The second-order valence-electron chi connectivity index (χ2n) is 11.4. The molecule has 3 atom stereocenters. The molecule has 3 aliphatic carbocycles. The SMILES string of the molecule is C=C/C=C\C1=CC=C(C)C(B(C2=CC(C)=C3Oc4ccccc4C3C2)c2c(C)ccc3c2C=CCC3)C1C. The van der Waals surface area contributed by atoms with Gasteiger partial charge >= 0.3 is 0 Å². The van der Waals surface area contributed by atoms with E-state index in [0.29, 0.717) is 24.4 Å². The van der Waals surface area contributed by atoms with E-state index in [-0.39, 0.29) is 0 Å². The van der Waals surface area contributed by atoms with E-state index in [1.54, 1.807) is 0 Å². The van der Waals surface area contributed by atoms with Crippen LogP contribution in [0.4, 0.5) is 0 Å². The van der Waals surface area contributed by atoms with Gasteiger partial charge in [-0.1, -0.05) is 115 Å². The summed E-state index contributed by atoms with van der Waals surface area (Å²) in [4.78, 5) is 0. The number of hydrogen-bond acceptors (Lipinski definition) is 1. The molecule has 1 heterocycles. The molecule has 0 N–H and O–H groups in total. The van der Waals surface area contributed by atoms with Crippen molar-refractivity contribution in [3.63, 3.8) is 0 Å². The van der Waals surface area contributed by atoms with Crippen molar-refractivity contribution in [3.8, 4) is 5.75 Å². The molecule has 3 unspecified atom stereocenters. The van der Waals surface area contributed by atoms with Gasteiger partial charge in [0, 0.05) is 11.5 Å². The van der Waals surface area contributed by atoms with E-state index in [9.17, 15) is 0 Å². The van der Waals surface area contributed by atoms with Crippen molar-refractivity contribution in [3.05, 3.63) is 136 Å². The summed E-state index contributed by atoms with van der Waals surface area (Å²) in [6.45, 7) is 13.5. The summed E-state index contributed by atoms with van der Waals surface area (Å²) in [5, 5.41) is 0. The standard InChI is InChI=1S/C36H37BO/c1-6-7-12-27-19-17-23(2)34(26(27)5)37(35-24(3)18-20-28-13-8-9-14-30(28)35)29-21-25(4)36-32(22-29)31-15-10-11-16-33(31)38-36/h6-7,9-12,14-21,26,32,34H,1,8,13,22H2,2-5H3/b12-7-. The highest BCUT2D eigenvalue weighted by molar-refractivity contribution is 6.82. The summed E-state index contributed by atoms with van der Waals surface area (Å²) in [6, 6.07) is 13.3. The summed E-state index contributed by atoms with van der Waals surface area (Å²) in [7, 11) is 0. The second kappa shape index (κ2) is 9.99. The number of hydrogen-bond donors (Lipinski definition) is 0. The van der Waals surface area contributed by atoms with E-state index in [2.05, 4.69) is 113 Å². The first-order valence-corrected chi connectivity index (χ1v) is 14.1. The van der Waals surface area contributed by atoms with Gasteiger partial charge < -0.3 is 4.74 Å².